The highest BCUT2D eigenvalue weighted by molar-refractivity contribution is 5.86. The van der Waals surface area contributed by atoms with Crippen LogP contribution in [-0.4, -0.2) is 37.3 Å². The minimum atomic E-state index is -0.622. The average Bonchev–Trinajstić information content (AvgIpc) is 2.43. The third-order valence-corrected chi connectivity index (χ3v) is 1.93. The lowest BCUT2D eigenvalue weighted by atomic mass is 10.5. The van der Waals surface area contributed by atoms with Gasteiger partial charge in [0, 0.05) is 0 Å². The first kappa shape index (κ1) is 13.8. The second-order valence-electron chi connectivity index (χ2n) is 2.98. The summed E-state index contributed by atoms with van der Waals surface area (Å²) < 4.78 is 19.6. The van der Waals surface area contributed by atoms with E-state index in [-0.39, 0.29) is 23.5 Å². The van der Waals surface area contributed by atoms with Crippen LogP contribution in [0.5, 0.6) is 17.8 Å². The summed E-state index contributed by atoms with van der Waals surface area (Å²) >= 11 is 0. The van der Waals surface area contributed by atoms with Crippen LogP contribution in [0.15, 0.2) is 17.9 Å². The molecule has 98 valence electrons. The average molecular weight is 254 g/mol. The van der Waals surface area contributed by atoms with Crippen molar-refractivity contribution in [3.63, 3.8) is 0 Å². The number of rotatable bonds is 5. The van der Waals surface area contributed by atoms with Crippen molar-refractivity contribution in [3.8, 4) is 17.8 Å². The highest BCUT2D eigenvalue weighted by atomic mass is 16.6. The number of nitrogens with zero attached hydrogens (tertiary/aromatic N) is 2. The lowest BCUT2D eigenvalue weighted by Gasteiger charge is -2.08. The van der Waals surface area contributed by atoms with Gasteiger partial charge in [-0.15, -0.1) is 0 Å². The highest BCUT2D eigenvalue weighted by Crippen LogP contribution is 2.20. The van der Waals surface area contributed by atoms with Gasteiger partial charge < -0.3 is 18.9 Å². The summed E-state index contributed by atoms with van der Waals surface area (Å²) in [5.74, 6) is -0.120. The first-order valence-corrected chi connectivity index (χ1v) is 5.04. The molecule has 0 atom stereocenters. The Morgan fingerprint density at radius 1 is 1.17 bits per heavy atom. The SMILES string of the molecule is CC=C(Oc1nc(OC)cc(OC)n1)C(=O)OC. The van der Waals surface area contributed by atoms with E-state index in [4.69, 9.17) is 14.2 Å². The molecule has 0 aliphatic rings. The van der Waals surface area contributed by atoms with E-state index >= 15 is 0 Å². The van der Waals surface area contributed by atoms with E-state index in [1.807, 2.05) is 0 Å². The quantitative estimate of drug-likeness (QED) is 0.439. The lowest BCUT2D eigenvalue weighted by Crippen LogP contribution is -2.12. The molecule has 1 aromatic rings. The van der Waals surface area contributed by atoms with E-state index in [1.54, 1.807) is 6.92 Å². The molecular formula is C11H14N2O5. The Labute approximate surface area is 104 Å². The molecule has 0 aliphatic carbocycles. The van der Waals surface area contributed by atoms with Crippen LogP contribution in [0.3, 0.4) is 0 Å². The summed E-state index contributed by atoms with van der Waals surface area (Å²) in [6, 6.07) is 1.42. The molecule has 1 heterocycles. The van der Waals surface area contributed by atoms with E-state index in [1.165, 1.54) is 33.5 Å². The fraction of sp³-hybridized carbons (Fsp3) is 0.364. The molecule has 0 radical (unpaired) electrons. The molecule has 0 spiro atoms. The van der Waals surface area contributed by atoms with Gasteiger partial charge in [0.2, 0.25) is 17.5 Å². The predicted octanol–water partition coefficient (Wildman–Crippen LogP) is 0.949. The van der Waals surface area contributed by atoms with Crippen LogP contribution in [0.4, 0.5) is 0 Å². The third-order valence-electron chi connectivity index (χ3n) is 1.93. The molecule has 0 saturated carbocycles. The molecule has 1 aromatic heterocycles. The van der Waals surface area contributed by atoms with Crippen LogP contribution in [0, 0.1) is 0 Å². The minimum absolute atomic E-state index is 0.0205. The van der Waals surface area contributed by atoms with Crippen molar-refractivity contribution in [1.29, 1.82) is 0 Å². The maximum absolute atomic E-state index is 11.3. The van der Waals surface area contributed by atoms with Crippen molar-refractivity contribution in [1.82, 2.24) is 9.97 Å². The van der Waals surface area contributed by atoms with Crippen molar-refractivity contribution in [3.05, 3.63) is 17.9 Å². The molecule has 7 nitrogen and oxygen atoms in total. The van der Waals surface area contributed by atoms with Gasteiger partial charge >= 0.3 is 12.0 Å². The molecule has 1 rings (SSSR count). The van der Waals surface area contributed by atoms with Crippen LogP contribution in [-0.2, 0) is 9.53 Å². The molecule has 0 aliphatic heterocycles. The molecule has 0 amide bonds. The second kappa shape index (κ2) is 6.43. The van der Waals surface area contributed by atoms with Crippen molar-refractivity contribution >= 4 is 5.97 Å². The number of carbonyl (C=O) groups is 1. The van der Waals surface area contributed by atoms with Crippen molar-refractivity contribution in [2.45, 2.75) is 6.92 Å². The Hall–Kier alpha value is -2.31. The number of carbonyl (C=O) groups excluding carboxylic acids is 1. The van der Waals surface area contributed by atoms with Crippen LogP contribution >= 0.6 is 0 Å². The number of hydrogen-bond acceptors (Lipinski definition) is 7. The number of esters is 1. The van der Waals surface area contributed by atoms with Crippen molar-refractivity contribution < 1.29 is 23.7 Å². The van der Waals surface area contributed by atoms with Crippen LogP contribution in [0.25, 0.3) is 0 Å². The highest BCUT2D eigenvalue weighted by Gasteiger charge is 2.14. The topological polar surface area (TPSA) is 79.8 Å². The van der Waals surface area contributed by atoms with Crippen LogP contribution in [0.2, 0.25) is 0 Å². The summed E-state index contributed by atoms with van der Waals surface area (Å²) in [6.07, 6.45) is 1.45. The monoisotopic (exact) mass is 254 g/mol. The second-order valence-corrected chi connectivity index (χ2v) is 2.98. The predicted molar refractivity (Wildman–Crippen MR) is 61.5 cm³/mol. The van der Waals surface area contributed by atoms with Gasteiger partial charge in [-0.1, -0.05) is 0 Å². The Bertz CT molecular complexity index is 436. The smallest absolute Gasteiger partial charge is 0.373 e. The molecule has 0 bridgehead atoms. The Morgan fingerprint density at radius 2 is 1.72 bits per heavy atom. The third kappa shape index (κ3) is 3.34. The fourth-order valence-corrected chi connectivity index (χ4v) is 1.06. The molecule has 0 unspecified atom stereocenters. The normalized spacial score (nSPS) is 10.8. The van der Waals surface area contributed by atoms with Gasteiger partial charge in [0.15, 0.2) is 0 Å². The number of methoxy groups -OCH3 is 3. The van der Waals surface area contributed by atoms with Gasteiger partial charge in [-0.2, -0.15) is 9.97 Å². The van der Waals surface area contributed by atoms with Gasteiger partial charge in [0.05, 0.1) is 27.4 Å². The summed E-state index contributed by atoms with van der Waals surface area (Å²) in [5, 5.41) is 0. The number of ether oxygens (including phenoxy) is 4. The van der Waals surface area contributed by atoms with E-state index in [9.17, 15) is 4.79 Å². The Morgan fingerprint density at radius 3 is 2.11 bits per heavy atom. The molecule has 0 N–H and O–H groups in total. The van der Waals surface area contributed by atoms with Crippen LogP contribution < -0.4 is 14.2 Å². The van der Waals surface area contributed by atoms with Gasteiger partial charge in [0.25, 0.3) is 0 Å². The van der Waals surface area contributed by atoms with Gasteiger partial charge in [0.1, 0.15) is 0 Å². The van der Waals surface area contributed by atoms with E-state index < -0.39 is 5.97 Å². The summed E-state index contributed by atoms with van der Waals surface area (Å²) in [7, 11) is 4.15. The fourth-order valence-electron chi connectivity index (χ4n) is 1.06. The maximum atomic E-state index is 11.3. The van der Waals surface area contributed by atoms with Crippen LogP contribution in [0.1, 0.15) is 6.92 Å². The maximum Gasteiger partial charge on any atom is 0.373 e. The zero-order valence-electron chi connectivity index (χ0n) is 10.6. The van der Waals surface area contributed by atoms with E-state index in [2.05, 4.69) is 14.7 Å². The molecule has 0 fully saturated rings. The summed E-state index contributed by atoms with van der Waals surface area (Å²) in [4.78, 5) is 19.2. The molecule has 0 aromatic carbocycles. The summed E-state index contributed by atoms with van der Waals surface area (Å²) in [5.41, 5.74) is 0. The molecular weight excluding hydrogens is 240 g/mol. The molecule has 18 heavy (non-hydrogen) atoms. The number of hydrogen-bond donors (Lipinski definition) is 0. The Balaban J connectivity index is 2.99. The number of aromatic nitrogens is 2. The van der Waals surface area contributed by atoms with E-state index in [0.29, 0.717) is 0 Å². The van der Waals surface area contributed by atoms with Gasteiger partial charge in [-0.25, -0.2) is 4.79 Å². The van der Waals surface area contributed by atoms with Crippen molar-refractivity contribution in [2.75, 3.05) is 21.3 Å². The number of allylic oxidation sites excluding steroid dienone is 1. The zero-order valence-corrected chi connectivity index (χ0v) is 10.6. The first-order valence-electron chi connectivity index (χ1n) is 5.04. The first-order chi connectivity index (χ1) is 8.64. The Kier molecular flexibility index (Phi) is 4.91. The van der Waals surface area contributed by atoms with Gasteiger partial charge in [-0.3, -0.25) is 0 Å². The summed E-state index contributed by atoms with van der Waals surface area (Å²) in [6.45, 7) is 1.63. The molecule has 0 saturated heterocycles. The standard InChI is InChI=1S/C11H14N2O5/c1-5-7(10(14)17-4)18-11-12-8(15-2)6-9(13-11)16-3/h5-6H,1-4H3. The zero-order chi connectivity index (χ0) is 13.5. The van der Waals surface area contributed by atoms with Crippen molar-refractivity contribution in [2.24, 2.45) is 0 Å². The largest absolute Gasteiger partial charge is 0.481 e. The molecule has 7 heteroatoms. The van der Waals surface area contributed by atoms with E-state index in [0.717, 1.165) is 0 Å². The van der Waals surface area contributed by atoms with Gasteiger partial charge in [-0.05, 0) is 13.0 Å². The minimum Gasteiger partial charge on any atom is -0.481 e. The lowest BCUT2D eigenvalue weighted by molar-refractivity contribution is -0.138.